The van der Waals surface area contributed by atoms with Crippen LogP contribution >= 0.6 is 0 Å². The van der Waals surface area contributed by atoms with Crippen molar-refractivity contribution in [2.24, 2.45) is 0 Å². The lowest BCUT2D eigenvalue weighted by Crippen LogP contribution is -2.44. The van der Waals surface area contributed by atoms with Crippen LogP contribution in [0.15, 0.2) is 24.5 Å². The number of piperidine rings is 1. The fourth-order valence-electron chi connectivity index (χ4n) is 3.23. The van der Waals surface area contributed by atoms with Crippen molar-refractivity contribution in [2.45, 2.75) is 25.2 Å². The zero-order chi connectivity index (χ0) is 16.1. The molecule has 2 N–H and O–H groups in total. The Balaban J connectivity index is 1.53. The van der Waals surface area contributed by atoms with Crippen molar-refractivity contribution >= 4 is 17.1 Å². The standard InChI is InChI=1S/C17H24N4O2/c1-23-11-3-8-19-17(22)21-9-5-13(6-10-21)15-12-20-16-14(15)4-2-7-18-16/h2,4,7,12-13H,3,5-6,8-11H2,1H3,(H,18,20)(H,19,22). The van der Waals surface area contributed by atoms with Crippen molar-refractivity contribution in [3.63, 3.8) is 0 Å². The predicted octanol–water partition coefficient (Wildman–Crippen LogP) is 2.49. The van der Waals surface area contributed by atoms with Crippen LogP contribution in [0.2, 0.25) is 0 Å². The van der Waals surface area contributed by atoms with Crippen LogP contribution in [0.3, 0.4) is 0 Å². The molecular weight excluding hydrogens is 292 g/mol. The summed E-state index contributed by atoms with van der Waals surface area (Å²) in [7, 11) is 1.67. The number of H-pyrrole nitrogens is 1. The van der Waals surface area contributed by atoms with Crippen LogP contribution in [0.25, 0.3) is 11.0 Å². The molecule has 1 saturated heterocycles. The molecular formula is C17H24N4O2. The van der Waals surface area contributed by atoms with Crippen molar-refractivity contribution in [1.29, 1.82) is 0 Å². The first-order valence-electron chi connectivity index (χ1n) is 8.23. The Bertz CT molecular complexity index is 647. The largest absolute Gasteiger partial charge is 0.385 e. The molecule has 0 bridgehead atoms. The average Bonchev–Trinajstić information content (AvgIpc) is 3.03. The second kappa shape index (κ2) is 7.46. The van der Waals surface area contributed by atoms with Crippen molar-refractivity contribution in [2.75, 3.05) is 33.4 Å². The van der Waals surface area contributed by atoms with Gasteiger partial charge in [0.25, 0.3) is 0 Å². The zero-order valence-corrected chi connectivity index (χ0v) is 13.5. The Kier molecular flexibility index (Phi) is 5.12. The SMILES string of the molecule is COCCCNC(=O)N1CCC(c2c[nH]c3ncccc23)CC1. The Labute approximate surface area is 136 Å². The highest BCUT2D eigenvalue weighted by Crippen LogP contribution is 2.32. The van der Waals surface area contributed by atoms with Crippen LogP contribution < -0.4 is 5.32 Å². The monoisotopic (exact) mass is 316 g/mol. The first-order valence-corrected chi connectivity index (χ1v) is 8.23. The third kappa shape index (κ3) is 3.64. The fraction of sp³-hybridized carbons (Fsp3) is 0.529. The number of ether oxygens (including phenoxy) is 1. The lowest BCUT2D eigenvalue weighted by Gasteiger charge is -2.32. The minimum absolute atomic E-state index is 0.0418. The predicted molar refractivity (Wildman–Crippen MR) is 89.5 cm³/mol. The molecule has 6 heteroatoms. The van der Waals surface area contributed by atoms with E-state index < -0.39 is 0 Å². The lowest BCUT2D eigenvalue weighted by atomic mass is 9.89. The number of aromatic nitrogens is 2. The topological polar surface area (TPSA) is 70.2 Å². The van der Waals surface area contributed by atoms with Gasteiger partial charge < -0.3 is 19.9 Å². The maximum atomic E-state index is 12.1. The van der Waals surface area contributed by atoms with E-state index in [2.05, 4.69) is 27.5 Å². The maximum absolute atomic E-state index is 12.1. The van der Waals surface area contributed by atoms with E-state index >= 15 is 0 Å². The molecule has 0 radical (unpaired) electrons. The van der Waals surface area contributed by atoms with E-state index in [1.807, 2.05) is 11.0 Å². The van der Waals surface area contributed by atoms with Gasteiger partial charge in [0.15, 0.2) is 0 Å². The van der Waals surface area contributed by atoms with Crippen LogP contribution in [0, 0.1) is 0 Å². The second-order valence-corrected chi connectivity index (χ2v) is 5.98. The molecule has 0 aromatic carbocycles. The summed E-state index contributed by atoms with van der Waals surface area (Å²) >= 11 is 0. The number of rotatable bonds is 5. The van der Waals surface area contributed by atoms with Gasteiger partial charge in [-0.05, 0) is 42.9 Å². The minimum Gasteiger partial charge on any atom is -0.385 e. The molecule has 0 aliphatic carbocycles. The summed E-state index contributed by atoms with van der Waals surface area (Å²) in [6.07, 6.45) is 6.71. The van der Waals surface area contributed by atoms with Crippen LogP contribution in [0.5, 0.6) is 0 Å². The van der Waals surface area contributed by atoms with Gasteiger partial charge in [-0.3, -0.25) is 0 Å². The molecule has 3 rings (SSSR count). The van der Waals surface area contributed by atoms with E-state index in [9.17, 15) is 4.79 Å². The molecule has 23 heavy (non-hydrogen) atoms. The Hall–Kier alpha value is -2.08. The summed E-state index contributed by atoms with van der Waals surface area (Å²) in [4.78, 5) is 21.6. The molecule has 0 unspecified atom stereocenters. The number of carbonyl (C=O) groups excluding carboxylic acids is 1. The maximum Gasteiger partial charge on any atom is 0.317 e. The van der Waals surface area contributed by atoms with Gasteiger partial charge in [0.05, 0.1) is 0 Å². The number of carbonyl (C=O) groups is 1. The van der Waals surface area contributed by atoms with Crippen molar-refractivity contribution in [3.8, 4) is 0 Å². The summed E-state index contributed by atoms with van der Waals surface area (Å²) in [5.74, 6) is 0.491. The zero-order valence-electron chi connectivity index (χ0n) is 13.5. The van der Waals surface area contributed by atoms with E-state index in [0.717, 1.165) is 38.0 Å². The van der Waals surface area contributed by atoms with E-state index in [4.69, 9.17) is 4.74 Å². The third-order valence-corrected chi connectivity index (χ3v) is 4.51. The first kappa shape index (κ1) is 15.8. The Morgan fingerprint density at radius 1 is 1.48 bits per heavy atom. The van der Waals surface area contributed by atoms with E-state index in [1.54, 1.807) is 13.3 Å². The molecule has 124 valence electrons. The molecule has 2 amide bonds. The summed E-state index contributed by atoms with van der Waals surface area (Å²) in [6.45, 7) is 2.94. The molecule has 6 nitrogen and oxygen atoms in total. The number of hydrogen-bond donors (Lipinski definition) is 2. The number of pyridine rings is 1. The molecule has 3 heterocycles. The summed E-state index contributed by atoms with van der Waals surface area (Å²) in [6, 6.07) is 4.13. The van der Waals surface area contributed by atoms with Gasteiger partial charge in [-0.25, -0.2) is 9.78 Å². The lowest BCUT2D eigenvalue weighted by molar-refractivity contribution is 0.175. The normalized spacial score (nSPS) is 16.0. The number of nitrogens with one attached hydrogen (secondary N) is 2. The van der Waals surface area contributed by atoms with Crippen molar-refractivity contribution in [1.82, 2.24) is 20.2 Å². The molecule has 0 atom stereocenters. The van der Waals surface area contributed by atoms with Gasteiger partial charge in [-0.2, -0.15) is 0 Å². The highest BCUT2D eigenvalue weighted by Gasteiger charge is 2.25. The highest BCUT2D eigenvalue weighted by molar-refractivity contribution is 5.80. The number of hydrogen-bond acceptors (Lipinski definition) is 3. The highest BCUT2D eigenvalue weighted by atomic mass is 16.5. The fourth-order valence-corrected chi connectivity index (χ4v) is 3.23. The summed E-state index contributed by atoms with van der Waals surface area (Å²) in [5.41, 5.74) is 2.27. The second-order valence-electron chi connectivity index (χ2n) is 5.98. The van der Waals surface area contributed by atoms with Crippen LogP contribution in [0.4, 0.5) is 4.79 Å². The van der Waals surface area contributed by atoms with Crippen LogP contribution in [-0.4, -0.2) is 54.2 Å². The van der Waals surface area contributed by atoms with E-state index in [1.165, 1.54) is 10.9 Å². The molecule has 2 aromatic heterocycles. The number of methoxy groups -OCH3 is 1. The van der Waals surface area contributed by atoms with E-state index in [-0.39, 0.29) is 6.03 Å². The minimum atomic E-state index is 0.0418. The van der Waals surface area contributed by atoms with Gasteiger partial charge >= 0.3 is 6.03 Å². The van der Waals surface area contributed by atoms with Crippen molar-refractivity contribution < 1.29 is 9.53 Å². The number of fused-ring (bicyclic) bond motifs is 1. The summed E-state index contributed by atoms with van der Waals surface area (Å²) < 4.78 is 4.99. The number of nitrogens with zero attached hydrogens (tertiary/aromatic N) is 2. The van der Waals surface area contributed by atoms with Gasteiger partial charge in [-0.1, -0.05) is 0 Å². The van der Waals surface area contributed by atoms with Gasteiger partial charge in [0, 0.05) is 51.1 Å². The molecule has 1 aliphatic heterocycles. The average molecular weight is 316 g/mol. The molecule has 0 saturated carbocycles. The van der Waals surface area contributed by atoms with E-state index in [0.29, 0.717) is 19.1 Å². The molecule has 1 aliphatic rings. The third-order valence-electron chi connectivity index (χ3n) is 4.51. The van der Waals surface area contributed by atoms with Gasteiger partial charge in [0.2, 0.25) is 0 Å². The number of likely N-dealkylation sites (tertiary alicyclic amines) is 1. The Morgan fingerprint density at radius 3 is 3.09 bits per heavy atom. The molecule has 2 aromatic rings. The van der Waals surface area contributed by atoms with Crippen molar-refractivity contribution in [3.05, 3.63) is 30.1 Å². The van der Waals surface area contributed by atoms with Gasteiger partial charge in [0.1, 0.15) is 5.65 Å². The Morgan fingerprint density at radius 2 is 2.30 bits per heavy atom. The van der Waals surface area contributed by atoms with Gasteiger partial charge in [-0.15, -0.1) is 0 Å². The number of urea groups is 1. The molecule has 0 spiro atoms. The number of amides is 2. The number of aromatic amines is 1. The van der Waals surface area contributed by atoms with Crippen LogP contribution in [-0.2, 0) is 4.74 Å². The smallest absolute Gasteiger partial charge is 0.317 e. The summed E-state index contributed by atoms with van der Waals surface area (Å²) in [5, 5.41) is 4.16. The first-order chi connectivity index (χ1) is 11.3. The quantitative estimate of drug-likeness (QED) is 0.833. The molecule has 1 fully saturated rings. The van der Waals surface area contributed by atoms with Crippen LogP contribution in [0.1, 0.15) is 30.7 Å².